The van der Waals surface area contributed by atoms with Gasteiger partial charge in [-0.15, -0.1) is 11.3 Å². The predicted molar refractivity (Wildman–Crippen MR) is 85.0 cm³/mol. The van der Waals surface area contributed by atoms with Crippen LogP contribution in [-0.4, -0.2) is 16.3 Å². The van der Waals surface area contributed by atoms with E-state index in [1.807, 2.05) is 23.1 Å². The molecular formula is C15H24N2S2. The highest BCUT2D eigenvalue weighted by Gasteiger charge is 2.30. The molecule has 2 saturated carbocycles. The van der Waals surface area contributed by atoms with Gasteiger partial charge in [0.1, 0.15) is 5.01 Å². The molecule has 1 heterocycles. The molecule has 1 aromatic rings. The van der Waals surface area contributed by atoms with E-state index in [1.165, 1.54) is 47.7 Å². The molecule has 0 bridgehead atoms. The van der Waals surface area contributed by atoms with Crippen molar-refractivity contribution >= 4 is 23.1 Å². The quantitative estimate of drug-likeness (QED) is 0.774. The Kier molecular flexibility index (Phi) is 4.50. The maximum absolute atomic E-state index is 4.93. The van der Waals surface area contributed by atoms with Crippen molar-refractivity contribution in [2.24, 2.45) is 0 Å². The minimum Gasteiger partial charge on any atom is -0.309 e. The van der Waals surface area contributed by atoms with Crippen LogP contribution in [0.1, 0.15) is 67.4 Å². The highest BCUT2D eigenvalue weighted by atomic mass is 32.2. The van der Waals surface area contributed by atoms with Gasteiger partial charge in [-0.2, -0.15) is 11.8 Å². The van der Waals surface area contributed by atoms with Crippen molar-refractivity contribution in [2.45, 2.75) is 75.5 Å². The number of nitrogens with zero attached hydrogens (tertiary/aromatic N) is 1. The first-order valence-electron chi connectivity index (χ1n) is 7.59. The van der Waals surface area contributed by atoms with Crippen molar-refractivity contribution in [3.63, 3.8) is 0 Å². The topological polar surface area (TPSA) is 24.9 Å². The Balaban J connectivity index is 1.61. The minimum atomic E-state index is 0.751. The van der Waals surface area contributed by atoms with Gasteiger partial charge in [0.25, 0.3) is 0 Å². The number of hydrogen-bond donors (Lipinski definition) is 1. The van der Waals surface area contributed by atoms with Crippen molar-refractivity contribution in [1.29, 1.82) is 0 Å². The SMILES string of the molecule is CCC(C)SCc1nc(C2CC2)c(CNC2CC2)s1. The molecule has 1 atom stereocenters. The van der Waals surface area contributed by atoms with Crippen LogP contribution in [0.5, 0.6) is 0 Å². The molecule has 19 heavy (non-hydrogen) atoms. The number of nitrogens with one attached hydrogen (secondary N) is 1. The fourth-order valence-corrected chi connectivity index (χ4v) is 4.20. The van der Waals surface area contributed by atoms with Crippen LogP contribution in [0.25, 0.3) is 0 Å². The van der Waals surface area contributed by atoms with Gasteiger partial charge in [0.15, 0.2) is 0 Å². The molecular weight excluding hydrogens is 272 g/mol. The molecule has 2 aliphatic rings. The Labute approximate surface area is 124 Å². The van der Waals surface area contributed by atoms with E-state index in [-0.39, 0.29) is 0 Å². The number of aromatic nitrogens is 1. The van der Waals surface area contributed by atoms with Crippen molar-refractivity contribution in [1.82, 2.24) is 10.3 Å². The zero-order valence-corrected chi connectivity index (χ0v) is 13.6. The number of thioether (sulfide) groups is 1. The molecule has 2 aliphatic carbocycles. The zero-order valence-electron chi connectivity index (χ0n) is 11.9. The zero-order chi connectivity index (χ0) is 13.2. The molecule has 0 spiro atoms. The van der Waals surface area contributed by atoms with Crippen LogP contribution in [0.2, 0.25) is 0 Å². The maximum atomic E-state index is 4.93. The van der Waals surface area contributed by atoms with E-state index in [0.29, 0.717) is 0 Å². The lowest BCUT2D eigenvalue weighted by molar-refractivity contribution is 0.688. The lowest BCUT2D eigenvalue weighted by Crippen LogP contribution is -2.15. The third-order valence-electron chi connectivity index (χ3n) is 3.93. The van der Waals surface area contributed by atoms with Crippen molar-refractivity contribution in [2.75, 3.05) is 0 Å². The Hall–Kier alpha value is -0.0600. The van der Waals surface area contributed by atoms with Gasteiger partial charge in [-0.3, -0.25) is 0 Å². The molecule has 0 aliphatic heterocycles. The molecule has 0 radical (unpaired) electrons. The van der Waals surface area contributed by atoms with Gasteiger partial charge in [0, 0.05) is 34.4 Å². The monoisotopic (exact) mass is 296 g/mol. The molecule has 3 rings (SSSR count). The maximum Gasteiger partial charge on any atom is 0.103 e. The lowest BCUT2D eigenvalue weighted by Gasteiger charge is -2.05. The van der Waals surface area contributed by atoms with E-state index in [4.69, 9.17) is 4.98 Å². The van der Waals surface area contributed by atoms with Crippen LogP contribution in [0, 0.1) is 0 Å². The van der Waals surface area contributed by atoms with Gasteiger partial charge < -0.3 is 5.32 Å². The normalized spacial score (nSPS) is 20.7. The van der Waals surface area contributed by atoms with Gasteiger partial charge >= 0.3 is 0 Å². The van der Waals surface area contributed by atoms with Crippen LogP contribution < -0.4 is 5.32 Å². The van der Waals surface area contributed by atoms with Crippen LogP contribution in [0.15, 0.2) is 0 Å². The smallest absolute Gasteiger partial charge is 0.103 e. The van der Waals surface area contributed by atoms with E-state index in [1.54, 1.807) is 0 Å². The Morgan fingerprint density at radius 3 is 2.79 bits per heavy atom. The van der Waals surface area contributed by atoms with E-state index >= 15 is 0 Å². The van der Waals surface area contributed by atoms with Crippen molar-refractivity contribution < 1.29 is 0 Å². The van der Waals surface area contributed by atoms with Crippen LogP contribution in [0.4, 0.5) is 0 Å². The number of rotatable bonds is 8. The summed E-state index contributed by atoms with van der Waals surface area (Å²) in [5.74, 6) is 1.89. The second-order valence-electron chi connectivity index (χ2n) is 5.88. The van der Waals surface area contributed by atoms with E-state index in [0.717, 1.165) is 29.5 Å². The van der Waals surface area contributed by atoms with Crippen molar-refractivity contribution in [3.05, 3.63) is 15.6 Å². The van der Waals surface area contributed by atoms with E-state index in [9.17, 15) is 0 Å². The standard InChI is InChI=1S/C15H24N2S2/c1-3-10(2)18-9-14-17-15(11-4-5-11)13(19-14)8-16-12-6-7-12/h10-12,16H,3-9H2,1-2H3. The minimum absolute atomic E-state index is 0.751. The predicted octanol–water partition coefficient (Wildman–Crippen LogP) is 4.30. The van der Waals surface area contributed by atoms with Crippen LogP contribution >= 0.6 is 23.1 Å². The average Bonchev–Trinajstić information content (AvgIpc) is 3.32. The lowest BCUT2D eigenvalue weighted by atomic mass is 10.2. The molecule has 0 aromatic carbocycles. The van der Waals surface area contributed by atoms with Gasteiger partial charge in [-0.25, -0.2) is 4.98 Å². The number of hydrogen-bond acceptors (Lipinski definition) is 4. The molecule has 1 unspecified atom stereocenters. The van der Waals surface area contributed by atoms with E-state index in [2.05, 4.69) is 19.2 Å². The first-order chi connectivity index (χ1) is 9.26. The third kappa shape index (κ3) is 3.96. The summed E-state index contributed by atoms with van der Waals surface area (Å²) in [5, 5.41) is 5.75. The highest BCUT2D eigenvalue weighted by molar-refractivity contribution is 7.99. The Morgan fingerprint density at radius 1 is 1.37 bits per heavy atom. The molecule has 106 valence electrons. The van der Waals surface area contributed by atoms with Gasteiger partial charge in [0.05, 0.1) is 5.69 Å². The summed E-state index contributed by atoms with van der Waals surface area (Å²) in [7, 11) is 0. The summed E-state index contributed by atoms with van der Waals surface area (Å²) < 4.78 is 0. The van der Waals surface area contributed by atoms with Crippen LogP contribution in [-0.2, 0) is 12.3 Å². The summed E-state index contributed by atoms with van der Waals surface area (Å²) in [6, 6.07) is 0.798. The largest absolute Gasteiger partial charge is 0.309 e. The molecule has 0 amide bonds. The molecule has 1 aromatic heterocycles. The number of thiazole rings is 1. The average molecular weight is 297 g/mol. The third-order valence-corrected chi connectivity index (χ3v) is 6.53. The van der Waals surface area contributed by atoms with Gasteiger partial charge in [-0.05, 0) is 32.1 Å². The Bertz CT molecular complexity index is 422. The fraction of sp³-hybridized carbons (Fsp3) is 0.800. The summed E-state index contributed by atoms with van der Waals surface area (Å²) in [6.07, 6.45) is 6.71. The summed E-state index contributed by atoms with van der Waals surface area (Å²) in [4.78, 5) is 6.46. The molecule has 0 saturated heterocycles. The van der Waals surface area contributed by atoms with Gasteiger partial charge in [0.2, 0.25) is 0 Å². The molecule has 4 heteroatoms. The van der Waals surface area contributed by atoms with Gasteiger partial charge in [-0.1, -0.05) is 13.8 Å². The molecule has 2 nitrogen and oxygen atoms in total. The summed E-state index contributed by atoms with van der Waals surface area (Å²) in [6.45, 7) is 5.64. The first-order valence-corrected chi connectivity index (χ1v) is 9.46. The Morgan fingerprint density at radius 2 is 2.16 bits per heavy atom. The second kappa shape index (κ2) is 6.15. The summed E-state index contributed by atoms with van der Waals surface area (Å²) >= 11 is 4.00. The highest BCUT2D eigenvalue weighted by Crippen LogP contribution is 2.43. The second-order valence-corrected chi connectivity index (χ2v) is 8.47. The first kappa shape index (κ1) is 13.9. The fourth-order valence-electron chi connectivity index (χ4n) is 2.13. The van der Waals surface area contributed by atoms with E-state index < -0.39 is 0 Å². The molecule has 1 N–H and O–H groups in total. The van der Waals surface area contributed by atoms with Crippen LogP contribution in [0.3, 0.4) is 0 Å². The summed E-state index contributed by atoms with van der Waals surface area (Å²) in [5.41, 5.74) is 1.43. The van der Waals surface area contributed by atoms with Crippen molar-refractivity contribution in [3.8, 4) is 0 Å². The molecule has 2 fully saturated rings.